The van der Waals surface area contributed by atoms with E-state index in [1.165, 1.54) is 12.1 Å². The summed E-state index contributed by atoms with van der Waals surface area (Å²) in [5.41, 5.74) is -0.539. The van der Waals surface area contributed by atoms with Gasteiger partial charge in [0, 0.05) is 18.3 Å². The lowest BCUT2D eigenvalue weighted by atomic mass is 9.70. The maximum atomic E-state index is 13.0. The zero-order valence-electron chi connectivity index (χ0n) is 16.5. The van der Waals surface area contributed by atoms with Crippen LogP contribution in [0.4, 0.5) is 13.2 Å². The van der Waals surface area contributed by atoms with Crippen LogP contribution in [0, 0.1) is 11.8 Å². The highest BCUT2D eigenvalue weighted by Gasteiger charge is 2.45. The van der Waals surface area contributed by atoms with Gasteiger partial charge in [0.15, 0.2) is 5.92 Å². The molecule has 0 heterocycles. The van der Waals surface area contributed by atoms with Crippen molar-refractivity contribution in [3.8, 4) is 0 Å². The minimum atomic E-state index is -4.52. The van der Waals surface area contributed by atoms with Crippen LogP contribution in [0.3, 0.4) is 0 Å². The fourth-order valence-corrected chi connectivity index (χ4v) is 3.79. The molecule has 0 N–H and O–H groups in total. The summed E-state index contributed by atoms with van der Waals surface area (Å²) in [5.74, 6) is -4.82. The molecule has 2 rings (SSSR count). The Labute approximate surface area is 167 Å². The van der Waals surface area contributed by atoms with Gasteiger partial charge < -0.3 is 9.47 Å². The monoisotopic (exact) mass is 414 g/mol. The van der Waals surface area contributed by atoms with Crippen molar-refractivity contribution in [2.45, 2.75) is 51.6 Å². The van der Waals surface area contributed by atoms with Gasteiger partial charge in [0.05, 0.1) is 18.8 Å². The molecule has 0 bridgehead atoms. The largest absolute Gasteiger partial charge is 0.465 e. The topological polar surface area (TPSA) is 69.7 Å². The molecule has 8 heteroatoms. The second-order valence-corrected chi connectivity index (χ2v) is 6.95. The van der Waals surface area contributed by atoms with Gasteiger partial charge in [0.25, 0.3) is 0 Å². The van der Waals surface area contributed by atoms with Gasteiger partial charge in [-0.3, -0.25) is 14.4 Å². The maximum Gasteiger partial charge on any atom is 0.416 e. The molecule has 1 aliphatic rings. The van der Waals surface area contributed by atoms with Crippen LogP contribution in [-0.2, 0) is 30.0 Å². The molecule has 0 amide bonds. The summed E-state index contributed by atoms with van der Waals surface area (Å²) in [6.45, 7) is 3.21. The van der Waals surface area contributed by atoms with Crippen molar-refractivity contribution >= 4 is 17.7 Å². The molecule has 5 nitrogen and oxygen atoms in total. The summed E-state index contributed by atoms with van der Waals surface area (Å²) in [7, 11) is 0. The average Bonchev–Trinajstić information content (AvgIpc) is 2.66. The predicted octanol–water partition coefficient (Wildman–Crippen LogP) is 4.29. The highest BCUT2D eigenvalue weighted by Crippen LogP contribution is 2.41. The van der Waals surface area contributed by atoms with Crippen LogP contribution in [0.15, 0.2) is 24.3 Å². The number of ether oxygens (including phenoxy) is 2. The van der Waals surface area contributed by atoms with Crippen molar-refractivity contribution in [2.75, 3.05) is 13.2 Å². The van der Waals surface area contributed by atoms with Crippen molar-refractivity contribution in [3.05, 3.63) is 35.4 Å². The summed E-state index contributed by atoms with van der Waals surface area (Å²) in [5, 5.41) is 0. The fraction of sp³-hybridized carbons (Fsp3) is 0.571. The Kier molecular flexibility index (Phi) is 7.81. The number of Topliss-reactive ketones (excluding diaryl/α,β-unsaturated/α-hetero) is 1. The van der Waals surface area contributed by atoms with Crippen molar-refractivity contribution in [3.63, 3.8) is 0 Å². The van der Waals surface area contributed by atoms with E-state index in [2.05, 4.69) is 0 Å². The van der Waals surface area contributed by atoms with Gasteiger partial charge in [-0.15, -0.1) is 0 Å². The zero-order chi connectivity index (χ0) is 21.6. The molecule has 1 aliphatic carbocycles. The SMILES string of the molecule is CCOC(=O)C(C(=O)OCC)[C@@H](c1ccc(C(F)(F)F)cc1)[C@@H]1CCCCC1=O. The predicted molar refractivity (Wildman–Crippen MR) is 97.9 cm³/mol. The second-order valence-electron chi connectivity index (χ2n) is 6.95. The molecule has 2 atom stereocenters. The summed E-state index contributed by atoms with van der Waals surface area (Å²) in [6.07, 6.45) is -2.33. The Bertz CT molecular complexity index is 709. The van der Waals surface area contributed by atoms with Gasteiger partial charge in [-0.1, -0.05) is 18.6 Å². The van der Waals surface area contributed by atoms with Gasteiger partial charge >= 0.3 is 18.1 Å². The summed E-state index contributed by atoms with van der Waals surface area (Å²) < 4.78 is 48.9. The molecule has 29 heavy (non-hydrogen) atoms. The molecule has 0 aliphatic heterocycles. The van der Waals surface area contributed by atoms with Crippen molar-refractivity contribution in [1.82, 2.24) is 0 Å². The normalized spacial score (nSPS) is 18.4. The van der Waals surface area contributed by atoms with E-state index in [1.54, 1.807) is 13.8 Å². The zero-order valence-corrected chi connectivity index (χ0v) is 16.5. The third-order valence-electron chi connectivity index (χ3n) is 5.10. The van der Waals surface area contributed by atoms with Crippen molar-refractivity contribution in [1.29, 1.82) is 0 Å². The van der Waals surface area contributed by atoms with Gasteiger partial charge in [-0.2, -0.15) is 13.2 Å². The lowest BCUT2D eigenvalue weighted by molar-refractivity contribution is -0.164. The summed E-state index contributed by atoms with van der Waals surface area (Å²) in [4.78, 5) is 37.9. The Hall–Kier alpha value is -2.38. The van der Waals surface area contributed by atoms with E-state index in [0.29, 0.717) is 24.8 Å². The number of hydrogen-bond donors (Lipinski definition) is 0. The number of benzene rings is 1. The van der Waals surface area contributed by atoms with Gasteiger partial charge in [-0.25, -0.2) is 0 Å². The molecular weight excluding hydrogens is 389 g/mol. The molecule has 0 radical (unpaired) electrons. The van der Waals surface area contributed by atoms with Crippen LogP contribution >= 0.6 is 0 Å². The van der Waals surface area contributed by atoms with E-state index in [4.69, 9.17) is 9.47 Å². The number of carbonyl (C=O) groups excluding carboxylic acids is 3. The number of halogens is 3. The van der Waals surface area contributed by atoms with E-state index in [9.17, 15) is 27.6 Å². The van der Waals surface area contributed by atoms with Crippen LogP contribution in [0.5, 0.6) is 0 Å². The Balaban J connectivity index is 2.53. The molecule has 0 saturated heterocycles. The first-order valence-corrected chi connectivity index (χ1v) is 9.73. The van der Waals surface area contributed by atoms with Crippen molar-refractivity contribution < 1.29 is 37.0 Å². The third-order valence-corrected chi connectivity index (χ3v) is 5.10. The second kappa shape index (κ2) is 9.89. The molecule has 1 saturated carbocycles. The summed E-state index contributed by atoms with van der Waals surface area (Å²) >= 11 is 0. The lowest BCUT2D eigenvalue weighted by Gasteiger charge is -2.33. The van der Waals surface area contributed by atoms with Gasteiger partial charge in [0.1, 0.15) is 5.78 Å². The minimum absolute atomic E-state index is 0.0209. The number of ketones is 1. The van der Waals surface area contributed by atoms with Gasteiger partial charge in [0.2, 0.25) is 0 Å². The smallest absolute Gasteiger partial charge is 0.416 e. The number of rotatable bonds is 7. The van der Waals surface area contributed by atoms with E-state index in [-0.39, 0.29) is 19.0 Å². The van der Waals surface area contributed by atoms with E-state index < -0.39 is 41.4 Å². The molecule has 1 fully saturated rings. The maximum absolute atomic E-state index is 13.0. The fourth-order valence-electron chi connectivity index (χ4n) is 3.79. The number of esters is 2. The average molecular weight is 414 g/mol. The first-order valence-electron chi connectivity index (χ1n) is 9.73. The number of hydrogen-bond acceptors (Lipinski definition) is 5. The first kappa shape index (κ1) is 22.9. The molecule has 0 aromatic heterocycles. The highest BCUT2D eigenvalue weighted by atomic mass is 19.4. The number of carbonyl (C=O) groups is 3. The molecule has 1 aromatic carbocycles. The van der Waals surface area contributed by atoms with Crippen LogP contribution in [0.2, 0.25) is 0 Å². The Morgan fingerprint density at radius 1 is 1.03 bits per heavy atom. The third kappa shape index (κ3) is 5.58. The summed E-state index contributed by atoms with van der Waals surface area (Å²) in [6, 6.07) is 4.23. The van der Waals surface area contributed by atoms with Crippen LogP contribution in [-0.4, -0.2) is 30.9 Å². The quantitative estimate of drug-likeness (QED) is 0.492. The number of alkyl halides is 3. The van der Waals surface area contributed by atoms with E-state index in [0.717, 1.165) is 18.6 Å². The van der Waals surface area contributed by atoms with Crippen LogP contribution in [0.1, 0.15) is 56.6 Å². The molecule has 0 spiro atoms. The standard InChI is InChI=1S/C21H25F3O5/c1-3-28-19(26)18(20(27)29-4-2)17(15-7-5-6-8-16(15)25)13-9-11-14(12-10-13)21(22,23)24/h9-12,15,17-18H,3-8H2,1-2H3/t15-,17+/m1/s1. The molecular formula is C21H25F3O5. The Morgan fingerprint density at radius 2 is 1.59 bits per heavy atom. The van der Waals surface area contributed by atoms with E-state index >= 15 is 0 Å². The first-order chi connectivity index (χ1) is 13.7. The minimum Gasteiger partial charge on any atom is -0.465 e. The van der Waals surface area contributed by atoms with Crippen LogP contribution in [0.25, 0.3) is 0 Å². The molecule has 0 unspecified atom stereocenters. The Morgan fingerprint density at radius 3 is 2.03 bits per heavy atom. The van der Waals surface area contributed by atoms with E-state index in [1.807, 2.05) is 0 Å². The van der Waals surface area contributed by atoms with Gasteiger partial charge in [-0.05, 0) is 44.4 Å². The highest BCUT2D eigenvalue weighted by molar-refractivity contribution is 5.97. The van der Waals surface area contributed by atoms with Crippen LogP contribution < -0.4 is 0 Å². The molecule has 1 aromatic rings. The van der Waals surface area contributed by atoms with Crippen molar-refractivity contribution in [2.24, 2.45) is 11.8 Å². The lowest BCUT2D eigenvalue weighted by Crippen LogP contribution is -2.40. The molecule has 160 valence electrons.